The molecule has 2 heterocycles. The molecule has 0 bridgehead atoms. The number of carboxylic acids is 1. The molecule has 236 valence electrons. The number of nitrogens with one attached hydrogen (secondary N) is 2. The van der Waals surface area contributed by atoms with Crippen molar-refractivity contribution >= 4 is 46.7 Å². The summed E-state index contributed by atoms with van der Waals surface area (Å²) in [6, 6.07) is 21.6. The molecule has 4 aromatic rings. The number of aromatic nitrogens is 1. The number of anilines is 2. The van der Waals surface area contributed by atoms with Crippen LogP contribution in [0.25, 0.3) is 0 Å². The molecule has 1 aromatic heterocycles. The van der Waals surface area contributed by atoms with E-state index in [9.17, 15) is 24.3 Å². The number of carboxylic acid groups (broad SMARTS) is 1. The first-order valence-corrected chi connectivity index (χ1v) is 15.3. The molecule has 0 saturated carbocycles. The van der Waals surface area contributed by atoms with Crippen molar-refractivity contribution in [2.75, 3.05) is 36.4 Å². The van der Waals surface area contributed by atoms with Crippen LogP contribution in [0.1, 0.15) is 61.1 Å². The molecule has 46 heavy (non-hydrogen) atoms. The fourth-order valence-corrected chi connectivity index (χ4v) is 5.57. The molecule has 1 saturated heterocycles. The van der Waals surface area contributed by atoms with Gasteiger partial charge in [-0.25, -0.2) is 0 Å². The summed E-state index contributed by atoms with van der Waals surface area (Å²) in [4.78, 5) is 59.6. The van der Waals surface area contributed by atoms with Crippen molar-refractivity contribution in [3.8, 4) is 0 Å². The molecule has 11 heteroatoms. The lowest BCUT2D eigenvalue weighted by atomic mass is 10.0. The number of hydrogen-bond acceptors (Lipinski definition) is 6. The Balaban J connectivity index is 1.41. The van der Waals surface area contributed by atoms with Crippen molar-refractivity contribution in [1.29, 1.82) is 0 Å². The highest BCUT2D eigenvalue weighted by molar-refractivity contribution is 6.31. The molecular formula is C35H34ClN5O5. The third-order valence-corrected chi connectivity index (χ3v) is 8.02. The zero-order chi connectivity index (χ0) is 32.6. The third-order valence-electron chi connectivity index (χ3n) is 7.79. The topological polar surface area (TPSA) is 132 Å². The summed E-state index contributed by atoms with van der Waals surface area (Å²) < 4.78 is 0. The number of benzene rings is 3. The number of pyridine rings is 1. The summed E-state index contributed by atoms with van der Waals surface area (Å²) in [7, 11) is 0. The predicted octanol–water partition coefficient (Wildman–Crippen LogP) is 5.59. The van der Waals surface area contributed by atoms with Crippen molar-refractivity contribution in [1.82, 2.24) is 15.2 Å². The Bertz CT molecular complexity index is 1730. The molecule has 1 atom stereocenters. The van der Waals surface area contributed by atoms with E-state index in [1.807, 2.05) is 19.1 Å². The van der Waals surface area contributed by atoms with Gasteiger partial charge in [0, 0.05) is 54.7 Å². The van der Waals surface area contributed by atoms with Gasteiger partial charge in [-0.1, -0.05) is 47.5 Å². The minimum Gasteiger partial charge on any atom is -0.481 e. The zero-order valence-corrected chi connectivity index (χ0v) is 26.0. The Labute approximate surface area is 272 Å². The van der Waals surface area contributed by atoms with E-state index in [1.165, 1.54) is 0 Å². The van der Waals surface area contributed by atoms with Crippen LogP contribution in [0.3, 0.4) is 0 Å². The second-order valence-corrected chi connectivity index (χ2v) is 11.5. The Morgan fingerprint density at radius 3 is 2.35 bits per heavy atom. The maximum absolute atomic E-state index is 13.5. The van der Waals surface area contributed by atoms with Gasteiger partial charge in [-0.15, -0.1) is 0 Å². The summed E-state index contributed by atoms with van der Waals surface area (Å²) in [6.07, 6.45) is 3.56. The minimum atomic E-state index is -1.05. The Morgan fingerprint density at radius 2 is 1.63 bits per heavy atom. The highest BCUT2D eigenvalue weighted by Crippen LogP contribution is 2.30. The summed E-state index contributed by atoms with van der Waals surface area (Å²) in [5.74, 6) is -2.04. The first-order valence-electron chi connectivity index (χ1n) is 14.9. The molecule has 0 aliphatic carbocycles. The van der Waals surface area contributed by atoms with E-state index in [4.69, 9.17) is 11.6 Å². The highest BCUT2D eigenvalue weighted by Gasteiger charge is 2.24. The van der Waals surface area contributed by atoms with Crippen molar-refractivity contribution in [3.63, 3.8) is 0 Å². The number of halogens is 1. The van der Waals surface area contributed by atoms with Crippen molar-refractivity contribution < 1.29 is 24.3 Å². The number of aryl methyl sites for hydroxylation is 1. The number of rotatable bonds is 9. The largest absolute Gasteiger partial charge is 0.481 e. The average molecular weight is 640 g/mol. The van der Waals surface area contributed by atoms with Gasteiger partial charge in [-0.3, -0.25) is 24.2 Å². The van der Waals surface area contributed by atoms with Crippen LogP contribution in [0.4, 0.5) is 11.4 Å². The highest BCUT2D eigenvalue weighted by atomic mass is 35.5. The second kappa shape index (κ2) is 14.7. The van der Waals surface area contributed by atoms with Gasteiger partial charge < -0.3 is 25.5 Å². The van der Waals surface area contributed by atoms with E-state index in [0.29, 0.717) is 65.7 Å². The van der Waals surface area contributed by atoms with Gasteiger partial charge in [-0.2, -0.15) is 0 Å². The van der Waals surface area contributed by atoms with Crippen molar-refractivity contribution in [3.05, 3.63) is 124 Å². The zero-order valence-electron chi connectivity index (χ0n) is 25.3. The first-order chi connectivity index (χ1) is 22.2. The third kappa shape index (κ3) is 8.08. The smallest absolute Gasteiger partial charge is 0.305 e. The minimum absolute atomic E-state index is 0.0963. The van der Waals surface area contributed by atoms with Crippen LogP contribution in [-0.2, 0) is 4.79 Å². The molecule has 3 aromatic carbocycles. The summed E-state index contributed by atoms with van der Waals surface area (Å²) in [5.41, 5.74) is 3.88. The molecule has 1 aliphatic rings. The van der Waals surface area contributed by atoms with Crippen LogP contribution in [0.2, 0.25) is 5.02 Å². The Morgan fingerprint density at radius 1 is 0.870 bits per heavy atom. The SMILES string of the molecule is Cc1ccc(C(CC(=O)O)NC(=O)c2ccc(N3CCCN(C(=O)c4cccnc4)CC3)c(NC(=O)c3cccc(Cl)c3)c2)cc1. The van der Waals surface area contributed by atoms with Crippen LogP contribution in [-0.4, -0.2) is 64.9 Å². The van der Waals surface area contributed by atoms with Crippen LogP contribution in [0, 0.1) is 6.92 Å². The lowest BCUT2D eigenvalue weighted by Gasteiger charge is -2.27. The fourth-order valence-electron chi connectivity index (χ4n) is 5.38. The molecule has 1 aliphatic heterocycles. The monoisotopic (exact) mass is 639 g/mol. The van der Waals surface area contributed by atoms with E-state index in [2.05, 4.69) is 20.5 Å². The standard InChI is InChI=1S/C35H34ClN5O5/c1-23-8-10-24(11-9-23)29(21-32(42)43)38-34(45)26-12-13-31(30(20-26)39-33(44)25-5-2-7-28(36)19-25)40-15-4-16-41(18-17-40)35(46)27-6-3-14-37-22-27/h2-3,5-14,19-20,22,29H,4,15-18,21H2,1H3,(H,38,45)(H,39,44)(H,42,43). The average Bonchev–Trinajstić information content (AvgIpc) is 3.31. The maximum atomic E-state index is 13.5. The number of amides is 3. The van der Waals surface area contributed by atoms with E-state index in [0.717, 1.165) is 5.56 Å². The van der Waals surface area contributed by atoms with E-state index < -0.39 is 23.8 Å². The Kier molecular flexibility index (Phi) is 10.3. The van der Waals surface area contributed by atoms with E-state index in [1.54, 1.807) is 84.0 Å². The normalized spacial score (nSPS) is 13.8. The van der Waals surface area contributed by atoms with Gasteiger partial charge in [0.05, 0.1) is 29.4 Å². The van der Waals surface area contributed by atoms with Gasteiger partial charge in [0.2, 0.25) is 0 Å². The van der Waals surface area contributed by atoms with Crippen LogP contribution in [0.5, 0.6) is 0 Å². The number of aliphatic carboxylic acids is 1. The number of hydrogen-bond donors (Lipinski definition) is 3. The Hall–Kier alpha value is -5.22. The number of nitrogens with zero attached hydrogens (tertiary/aromatic N) is 3. The molecule has 0 radical (unpaired) electrons. The van der Waals surface area contributed by atoms with E-state index in [-0.39, 0.29) is 17.9 Å². The van der Waals surface area contributed by atoms with Crippen molar-refractivity contribution in [2.24, 2.45) is 0 Å². The van der Waals surface area contributed by atoms with Gasteiger partial charge in [-0.05, 0) is 67.4 Å². The maximum Gasteiger partial charge on any atom is 0.305 e. The molecule has 3 amide bonds. The summed E-state index contributed by atoms with van der Waals surface area (Å²) in [5, 5.41) is 15.7. The molecule has 1 unspecified atom stereocenters. The van der Waals surface area contributed by atoms with Gasteiger partial charge >= 0.3 is 5.97 Å². The van der Waals surface area contributed by atoms with Crippen LogP contribution in [0.15, 0.2) is 91.3 Å². The number of carbonyl (C=O) groups excluding carboxylic acids is 3. The summed E-state index contributed by atoms with van der Waals surface area (Å²) >= 11 is 6.14. The molecule has 1 fully saturated rings. The molecule has 0 spiro atoms. The lowest BCUT2D eigenvalue weighted by Crippen LogP contribution is -2.35. The van der Waals surface area contributed by atoms with Gasteiger partial charge in [0.25, 0.3) is 17.7 Å². The number of carbonyl (C=O) groups is 4. The first kappa shape index (κ1) is 32.2. The predicted molar refractivity (Wildman–Crippen MR) is 176 cm³/mol. The van der Waals surface area contributed by atoms with Crippen molar-refractivity contribution in [2.45, 2.75) is 25.8 Å². The molecular weight excluding hydrogens is 606 g/mol. The second-order valence-electron chi connectivity index (χ2n) is 11.1. The van der Waals surface area contributed by atoms with E-state index >= 15 is 0 Å². The molecule has 5 rings (SSSR count). The lowest BCUT2D eigenvalue weighted by molar-refractivity contribution is -0.137. The summed E-state index contributed by atoms with van der Waals surface area (Å²) in [6.45, 7) is 4.03. The molecule has 10 nitrogen and oxygen atoms in total. The fraction of sp³-hybridized carbons (Fsp3) is 0.229. The van der Waals surface area contributed by atoms with Crippen LogP contribution < -0.4 is 15.5 Å². The van der Waals surface area contributed by atoms with Gasteiger partial charge in [0.15, 0.2) is 0 Å². The quantitative estimate of drug-likeness (QED) is 0.217. The van der Waals surface area contributed by atoms with Gasteiger partial charge in [0.1, 0.15) is 0 Å². The van der Waals surface area contributed by atoms with Crippen LogP contribution >= 0.6 is 11.6 Å². The molecule has 3 N–H and O–H groups in total.